The van der Waals surface area contributed by atoms with E-state index in [1.807, 2.05) is 24.9 Å². The van der Waals surface area contributed by atoms with E-state index in [9.17, 15) is 9.18 Å². The Morgan fingerprint density at radius 1 is 1.43 bits per heavy atom. The van der Waals surface area contributed by atoms with E-state index in [0.29, 0.717) is 12.2 Å². The van der Waals surface area contributed by atoms with Crippen molar-refractivity contribution in [3.63, 3.8) is 0 Å². The number of nitrogens with one attached hydrogen (secondary N) is 1. The number of aryl methyl sites for hydroxylation is 1. The second-order valence-corrected chi connectivity index (χ2v) is 4.96. The smallest absolute Gasteiger partial charge is 0.238 e. The number of nitrogen functional groups attached to an aromatic ring is 1. The Balaban J connectivity index is 1.92. The van der Waals surface area contributed by atoms with Crippen LogP contribution in [0.5, 0.6) is 0 Å². The van der Waals surface area contributed by atoms with Gasteiger partial charge in [-0.2, -0.15) is 0 Å². The van der Waals surface area contributed by atoms with Gasteiger partial charge >= 0.3 is 0 Å². The standard InChI is InChI=1S/C15H18FN3O2/c1-10-11(5-6-21-10)8-19(2)9-15(20)18-14-7-12(17)3-4-13(14)16/h3-7H,8-9,17H2,1-2H3,(H,18,20). The topological polar surface area (TPSA) is 71.5 Å². The fourth-order valence-electron chi connectivity index (χ4n) is 2.00. The van der Waals surface area contributed by atoms with Gasteiger partial charge in [-0.05, 0) is 38.2 Å². The van der Waals surface area contributed by atoms with E-state index >= 15 is 0 Å². The number of rotatable bonds is 5. The molecule has 0 aliphatic rings. The number of likely N-dealkylation sites (N-methyl/N-ethyl adjacent to an activating group) is 1. The lowest BCUT2D eigenvalue weighted by molar-refractivity contribution is -0.117. The molecule has 0 spiro atoms. The summed E-state index contributed by atoms with van der Waals surface area (Å²) in [5.74, 6) is 0.0122. The molecule has 2 rings (SSSR count). The number of hydrogen-bond acceptors (Lipinski definition) is 4. The van der Waals surface area contributed by atoms with E-state index < -0.39 is 5.82 Å². The lowest BCUT2D eigenvalue weighted by Gasteiger charge is -2.16. The van der Waals surface area contributed by atoms with Crippen LogP contribution >= 0.6 is 0 Å². The molecule has 5 nitrogen and oxygen atoms in total. The number of halogens is 1. The Labute approximate surface area is 122 Å². The number of amides is 1. The van der Waals surface area contributed by atoms with Crippen LogP contribution in [0.3, 0.4) is 0 Å². The number of nitrogens with zero attached hydrogens (tertiary/aromatic N) is 1. The molecule has 0 fully saturated rings. The molecule has 3 N–H and O–H groups in total. The van der Waals surface area contributed by atoms with Gasteiger partial charge in [-0.1, -0.05) is 0 Å². The van der Waals surface area contributed by atoms with Crippen LogP contribution in [0.25, 0.3) is 0 Å². The van der Waals surface area contributed by atoms with Crippen molar-refractivity contribution in [2.24, 2.45) is 0 Å². The number of carbonyl (C=O) groups is 1. The Kier molecular flexibility index (Phi) is 4.59. The van der Waals surface area contributed by atoms with Crippen LogP contribution < -0.4 is 11.1 Å². The van der Waals surface area contributed by atoms with E-state index in [1.165, 1.54) is 18.2 Å². The van der Waals surface area contributed by atoms with Gasteiger partial charge in [0.15, 0.2) is 0 Å². The SMILES string of the molecule is Cc1occc1CN(C)CC(=O)Nc1cc(N)ccc1F. The molecule has 1 aromatic carbocycles. The number of benzene rings is 1. The largest absolute Gasteiger partial charge is 0.469 e. The number of nitrogens with two attached hydrogens (primary N) is 1. The molecule has 1 amide bonds. The normalized spacial score (nSPS) is 10.9. The van der Waals surface area contributed by atoms with Crippen LogP contribution in [0, 0.1) is 12.7 Å². The molecule has 0 unspecified atom stereocenters. The van der Waals surface area contributed by atoms with Gasteiger partial charge in [0.1, 0.15) is 11.6 Å². The highest BCUT2D eigenvalue weighted by Crippen LogP contribution is 2.17. The van der Waals surface area contributed by atoms with E-state index in [-0.39, 0.29) is 18.1 Å². The summed E-state index contributed by atoms with van der Waals surface area (Å²) in [5, 5.41) is 2.52. The highest BCUT2D eigenvalue weighted by atomic mass is 19.1. The summed E-state index contributed by atoms with van der Waals surface area (Å²) >= 11 is 0. The summed E-state index contributed by atoms with van der Waals surface area (Å²) in [7, 11) is 1.81. The Hall–Kier alpha value is -2.34. The lowest BCUT2D eigenvalue weighted by Crippen LogP contribution is -2.30. The van der Waals surface area contributed by atoms with Crippen molar-refractivity contribution in [1.82, 2.24) is 4.90 Å². The molecule has 1 heterocycles. The molecule has 2 aromatic rings. The maximum Gasteiger partial charge on any atom is 0.238 e. The van der Waals surface area contributed by atoms with Gasteiger partial charge in [0, 0.05) is 17.8 Å². The highest BCUT2D eigenvalue weighted by Gasteiger charge is 2.12. The van der Waals surface area contributed by atoms with Crippen LogP contribution in [-0.2, 0) is 11.3 Å². The van der Waals surface area contributed by atoms with Crippen molar-refractivity contribution in [3.05, 3.63) is 47.7 Å². The number of anilines is 2. The molecule has 0 aliphatic heterocycles. The minimum atomic E-state index is -0.508. The van der Waals surface area contributed by atoms with Gasteiger partial charge in [-0.15, -0.1) is 0 Å². The monoisotopic (exact) mass is 291 g/mol. The van der Waals surface area contributed by atoms with Gasteiger partial charge in [-0.3, -0.25) is 9.69 Å². The van der Waals surface area contributed by atoms with Crippen molar-refractivity contribution in [3.8, 4) is 0 Å². The summed E-state index contributed by atoms with van der Waals surface area (Å²) in [6.07, 6.45) is 1.61. The van der Waals surface area contributed by atoms with Gasteiger partial charge < -0.3 is 15.5 Å². The summed E-state index contributed by atoms with van der Waals surface area (Å²) in [6, 6.07) is 5.93. The zero-order valence-electron chi connectivity index (χ0n) is 12.0. The number of hydrogen-bond donors (Lipinski definition) is 2. The predicted octanol–water partition coefficient (Wildman–Crippen LogP) is 2.38. The molecule has 0 aliphatic carbocycles. The molecule has 0 bridgehead atoms. The molecule has 0 saturated heterocycles. The average molecular weight is 291 g/mol. The second-order valence-electron chi connectivity index (χ2n) is 4.96. The van der Waals surface area contributed by atoms with Gasteiger partial charge in [0.05, 0.1) is 18.5 Å². The number of carbonyl (C=O) groups excluding carboxylic acids is 1. The van der Waals surface area contributed by atoms with Crippen molar-refractivity contribution < 1.29 is 13.6 Å². The molecule has 6 heteroatoms. The van der Waals surface area contributed by atoms with Crippen molar-refractivity contribution in [2.45, 2.75) is 13.5 Å². The van der Waals surface area contributed by atoms with E-state index in [4.69, 9.17) is 10.2 Å². The summed E-state index contributed by atoms with van der Waals surface area (Å²) in [4.78, 5) is 13.7. The van der Waals surface area contributed by atoms with Crippen LogP contribution in [0.2, 0.25) is 0 Å². The Morgan fingerprint density at radius 2 is 2.19 bits per heavy atom. The molecule has 21 heavy (non-hydrogen) atoms. The predicted molar refractivity (Wildman–Crippen MR) is 79.2 cm³/mol. The second kappa shape index (κ2) is 6.41. The number of furan rings is 1. The quantitative estimate of drug-likeness (QED) is 0.830. The lowest BCUT2D eigenvalue weighted by atomic mass is 10.2. The van der Waals surface area contributed by atoms with E-state index in [1.54, 1.807) is 6.26 Å². The molecule has 1 aromatic heterocycles. The minimum absolute atomic E-state index is 0.0906. The maximum absolute atomic E-state index is 13.5. The first-order chi connectivity index (χ1) is 9.95. The fraction of sp³-hybridized carbons (Fsp3) is 0.267. The highest BCUT2D eigenvalue weighted by molar-refractivity contribution is 5.92. The molecular weight excluding hydrogens is 273 g/mol. The summed E-state index contributed by atoms with van der Waals surface area (Å²) < 4.78 is 18.7. The maximum atomic E-state index is 13.5. The Bertz CT molecular complexity index is 640. The molecular formula is C15H18FN3O2. The first-order valence-electron chi connectivity index (χ1n) is 6.52. The van der Waals surface area contributed by atoms with Crippen LogP contribution in [0.1, 0.15) is 11.3 Å². The zero-order chi connectivity index (χ0) is 15.4. The van der Waals surface area contributed by atoms with Crippen LogP contribution in [-0.4, -0.2) is 24.4 Å². The third kappa shape index (κ3) is 4.06. The first kappa shape index (κ1) is 15.1. The molecule has 0 saturated carbocycles. The van der Waals surface area contributed by atoms with Crippen molar-refractivity contribution in [1.29, 1.82) is 0 Å². The van der Waals surface area contributed by atoms with Gasteiger partial charge in [0.2, 0.25) is 5.91 Å². The fourth-order valence-corrected chi connectivity index (χ4v) is 2.00. The van der Waals surface area contributed by atoms with Gasteiger partial charge in [0.25, 0.3) is 0 Å². The summed E-state index contributed by atoms with van der Waals surface area (Å²) in [5.41, 5.74) is 7.07. The molecule has 112 valence electrons. The van der Waals surface area contributed by atoms with Crippen molar-refractivity contribution in [2.75, 3.05) is 24.6 Å². The third-order valence-corrected chi connectivity index (χ3v) is 3.08. The molecule has 0 radical (unpaired) electrons. The third-order valence-electron chi connectivity index (χ3n) is 3.08. The zero-order valence-corrected chi connectivity index (χ0v) is 12.0. The van der Waals surface area contributed by atoms with Crippen molar-refractivity contribution >= 4 is 17.3 Å². The Morgan fingerprint density at radius 3 is 2.86 bits per heavy atom. The van der Waals surface area contributed by atoms with Crippen LogP contribution in [0.15, 0.2) is 34.9 Å². The average Bonchev–Trinajstić information content (AvgIpc) is 2.79. The van der Waals surface area contributed by atoms with Gasteiger partial charge in [-0.25, -0.2) is 4.39 Å². The van der Waals surface area contributed by atoms with E-state index in [2.05, 4.69) is 5.32 Å². The summed E-state index contributed by atoms with van der Waals surface area (Å²) in [6.45, 7) is 2.58. The van der Waals surface area contributed by atoms with Crippen LogP contribution in [0.4, 0.5) is 15.8 Å². The van der Waals surface area contributed by atoms with E-state index in [0.717, 1.165) is 11.3 Å². The first-order valence-corrected chi connectivity index (χ1v) is 6.52. The minimum Gasteiger partial charge on any atom is -0.469 e. The molecule has 0 atom stereocenters.